The van der Waals surface area contributed by atoms with Gasteiger partial charge in [0.1, 0.15) is 6.10 Å². The topological polar surface area (TPSA) is 89.8 Å². The van der Waals surface area contributed by atoms with Crippen molar-refractivity contribution in [1.29, 1.82) is 0 Å². The van der Waals surface area contributed by atoms with Crippen molar-refractivity contribution < 1.29 is 20.1 Å². The van der Waals surface area contributed by atoms with E-state index < -0.39 is 24.2 Å². The quantitative estimate of drug-likeness (QED) is 0.0362. The molecule has 61 heavy (non-hydrogen) atoms. The average Bonchev–Trinajstić information content (AvgIpc) is 3.26. The molecular weight excluding hydrogens is 751 g/mol. The summed E-state index contributed by atoms with van der Waals surface area (Å²) in [6.45, 7) is 4.18. The summed E-state index contributed by atoms with van der Waals surface area (Å²) in [4.78, 5) is 12.5. The Hall–Kier alpha value is -1.43. The van der Waals surface area contributed by atoms with Gasteiger partial charge in [0.05, 0.1) is 18.8 Å². The smallest absolute Gasteiger partial charge is 0.249 e. The van der Waals surface area contributed by atoms with Crippen LogP contribution in [-0.4, -0.2) is 46.1 Å². The summed E-state index contributed by atoms with van der Waals surface area (Å²) >= 11 is 0. The number of amides is 1. The van der Waals surface area contributed by atoms with Crippen LogP contribution in [0.1, 0.15) is 290 Å². The van der Waals surface area contributed by atoms with Crippen LogP contribution in [0.25, 0.3) is 0 Å². The summed E-state index contributed by atoms with van der Waals surface area (Å²) in [5.41, 5.74) is 0. The van der Waals surface area contributed by atoms with Crippen LogP contribution in [0.4, 0.5) is 0 Å². The predicted molar refractivity (Wildman–Crippen MR) is 268 cm³/mol. The summed E-state index contributed by atoms with van der Waals surface area (Å²) in [7, 11) is 0. The molecule has 3 unspecified atom stereocenters. The summed E-state index contributed by atoms with van der Waals surface area (Å²) < 4.78 is 0. The zero-order valence-electron chi connectivity index (χ0n) is 41.1. The second kappa shape index (κ2) is 51.2. The third-order valence-corrected chi connectivity index (χ3v) is 12.7. The summed E-state index contributed by atoms with van der Waals surface area (Å²) in [6.07, 6.45) is 66.6. The standard InChI is InChI=1S/C56H107NO4/c1-3-5-7-9-11-13-15-16-17-18-19-20-21-22-23-24-25-26-27-28-29-30-31-32-33-34-35-36-37-38-39-41-43-45-47-49-51-55(60)56(61)57-53(52-58)54(59)50-48-46-44-42-40-14-12-10-8-6-4-2/h23-24,26-27,48,50,53-55,58-60H,3-22,25,28-47,49,51-52H2,1-2H3,(H,57,61)/b24-23-,27-26-,50-48+. The molecule has 0 aromatic carbocycles. The van der Waals surface area contributed by atoms with E-state index in [2.05, 4.69) is 43.5 Å². The monoisotopic (exact) mass is 858 g/mol. The number of hydrogen-bond donors (Lipinski definition) is 4. The van der Waals surface area contributed by atoms with Crippen molar-refractivity contribution in [2.45, 2.75) is 308 Å². The van der Waals surface area contributed by atoms with Gasteiger partial charge in [0.25, 0.3) is 0 Å². The van der Waals surface area contributed by atoms with Crippen LogP contribution in [0.2, 0.25) is 0 Å². The summed E-state index contributed by atoms with van der Waals surface area (Å²) in [5, 5.41) is 33.2. The number of nitrogens with one attached hydrogen (secondary N) is 1. The van der Waals surface area contributed by atoms with E-state index in [9.17, 15) is 20.1 Å². The van der Waals surface area contributed by atoms with E-state index in [1.807, 2.05) is 6.08 Å². The van der Waals surface area contributed by atoms with Crippen molar-refractivity contribution >= 4 is 5.91 Å². The molecule has 0 aliphatic rings. The number of rotatable bonds is 50. The van der Waals surface area contributed by atoms with Gasteiger partial charge in [0.2, 0.25) is 5.91 Å². The first kappa shape index (κ1) is 59.6. The Balaban J connectivity index is 3.48. The molecule has 0 saturated heterocycles. The second-order valence-electron chi connectivity index (χ2n) is 18.8. The fraction of sp³-hybridized carbons (Fsp3) is 0.875. The number of carbonyl (C=O) groups is 1. The molecule has 0 aliphatic heterocycles. The van der Waals surface area contributed by atoms with Crippen LogP contribution >= 0.6 is 0 Å². The molecule has 0 radical (unpaired) electrons. The largest absolute Gasteiger partial charge is 0.394 e. The van der Waals surface area contributed by atoms with Crippen LogP contribution in [0, 0.1) is 0 Å². The van der Waals surface area contributed by atoms with Crippen molar-refractivity contribution in [3.05, 3.63) is 36.5 Å². The molecule has 4 N–H and O–H groups in total. The Labute approximate surface area is 381 Å². The lowest BCUT2D eigenvalue weighted by atomic mass is 10.0. The molecule has 360 valence electrons. The number of aliphatic hydroxyl groups is 3. The molecule has 1 amide bonds. The molecule has 0 spiro atoms. The number of hydrogen-bond acceptors (Lipinski definition) is 4. The molecule has 0 aromatic rings. The van der Waals surface area contributed by atoms with Gasteiger partial charge in [-0.05, 0) is 51.4 Å². The van der Waals surface area contributed by atoms with E-state index in [0.717, 1.165) is 38.5 Å². The Bertz CT molecular complexity index is 947. The predicted octanol–water partition coefficient (Wildman–Crippen LogP) is 16.7. The molecule has 0 saturated carbocycles. The Morgan fingerprint density at radius 3 is 1.03 bits per heavy atom. The van der Waals surface area contributed by atoms with Crippen LogP contribution in [-0.2, 0) is 4.79 Å². The highest BCUT2D eigenvalue weighted by molar-refractivity contribution is 5.80. The number of carbonyl (C=O) groups excluding carboxylic acids is 1. The van der Waals surface area contributed by atoms with Crippen molar-refractivity contribution in [2.24, 2.45) is 0 Å². The third kappa shape index (κ3) is 46.4. The lowest BCUT2D eigenvalue weighted by molar-refractivity contribution is -0.131. The van der Waals surface area contributed by atoms with Crippen molar-refractivity contribution in [2.75, 3.05) is 6.61 Å². The molecule has 5 nitrogen and oxygen atoms in total. The molecule has 0 fully saturated rings. The van der Waals surface area contributed by atoms with E-state index in [-0.39, 0.29) is 6.61 Å². The highest BCUT2D eigenvalue weighted by atomic mass is 16.3. The minimum Gasteiger partial charge on any atom is -0.394 e. The number of unbranched alkanes of at least 4 members (excludes halogenated alkanes) is 38. The molecule has 0 rings (SSSR count). The van der Waals surface area contributed by atoms with Crippen LogP contribution in [0.5, 0.6) is 0 Å². The number of aliphatic hydroxyl groups excluding tert-OH is 3. The second-order valence-corrected chi connectivity index (χ2v) is 18.8. The van der Waals surface area contributed by atoms with Crippen LogP contribution in [0.3, 0.4) is 0 Å². The van der Waals surface area contributed by atoms with Gasteiger partial charge in [-0.3, -0.25) is 4.79 Å². The molecule has 3 atom stereocenters. The van der Waals surface area contributed by atoms with Gasteiger partial charge in [-0.15, -0.1) is 0 Å². The van der Waals surface area contributed by atoms with Gasteiger partial charge in [-0.2, -0.15) is 0 Å². The van der Waals surface area contributed by atoms with Gasteiger partial charge in [-0.25, -0.2) is 0 Å². The SMILES string of the molecule is CCCCCCCCCCC/C=C/C(O)C(CO)NC(=O)C(O)CCCCCCCCCCCCCCCCCC/C=C\C/C=C\CCCCCCCCCCCCCCC. The maximum Gasteiger partial charge on any atom is 0.249 e. The zero-order valence-corrected chi connectivity index (χ0v) is 41.1. The molecule has 5 heteroatoms. The third-order valence-electron chi connectivity index (χ3n) is 12.7. The minimum absolute atomic E-state index is 0.362. The first-order valence-corrected chi connectivity index (χ1v) is 27.3. The van der Waals surface area contributed by atoms with Crippen LogP contribution in [0.15, 0.2) is 36.5 Å². The maximum atomic E-state index is 12.5. The summed E-state index contributed by atoms with van der Waals surface area (Å²) in [6, 6.07) is -0.795. The first-order chi connectivity index (χ1) is 30.1. The van der Waals surface area contributed by atoms with Gasteiger partial charge in [0, 0.05) is 0 Å². The lowest BCUT2D eigenvalue weighted by Gasteiger charge is -2.21. The normalized spacial score (nSPS) is 13.6. The van der Waals surface area contributed by atoms with E-state index in [1.54, 1.807) is 6.08 Å². The average molecular weight is 858 g/mol. The molecule has 0 bridgehead atoms. The first-order valence-electron chi connectivity index (χ1n) is 27.3. The van der Waals surface area contributed by atoms with E-state index in [4.69, 9.17) is 0 Å². The number of allylic oxidation sites excluding steroid dienone is 5. The Morgan fingerprint density at radius 2 is 0.705 bits per heavy atom. The van der Waals surface area contributed by atoms with Gasteiger partial charge in [0.15, 0.2) is 0 Å². The Kier molecular flexibility index (Phi) is 50.0. The van der Waals surface area contributed by atoms with E-state index in [0.29, 0.717) is 6.42 Å². The van der Waals surface area contributed by atoms with Crippen molar-refractivity contribution in [3.8, 4) is 0 Å². The Morgan fingerprint density at radius 1 is 0.410 bits per heavy atom. The molecular formula is C56H107NO4. The van der Waals surface area contributed by atoms with Gasteiger partial charge >= 0.3 is 0 Å². The lowest BCUT2D eigenvalue weighted by Crippen LogP contribution is -2.48. The van der Waals surface area contributed by atoms with Crippen molar-refractivity contribution in [1.82, 2.24) is 5.32 Å². The van der Waals surface area contributed by atoms with E-state index in [1.165, 1.54) is 231 Å². The maximum absolute atomic E-state index is 12.5. The highest BCUT2D eigenvalue weighted by Crippen LogP contribution is 2.17. The molecule has 0 aromatic heterocycles. The highest BCUT2D eigenvalue weighted by Gasteiger charge is 2.22. The molecule has 0 heterocycles. The van der Waals surface area contributed by atoms with Crippen molar-refractivity contribution in [3.63, 3.8) is 0 Å². The zero-order chi connectivity index (χ0) is 44.4. The van der Waals surface area contributed by atoms with Gasteiger partial charge < -0.3 is 20.6 Å². The van der Waals surface area contributed by atoms with Crippen LogP contribution < -0.4 is 5.32 Å². The van der Waals surface area contributed by atoms with E-state index >= 15 is 0 Å². The minimum atomic E-state index is -1.10. The summed E-state index contributed by atoms with van der Waals surface area (Å²) in [5.74, 6) is -0.502. The fourth-order valence-corrected chi connectivity index (χ4v) is 8.45. The van der Waals surface area contributed by atoms with Gasteiger partial charge in [-0.1, -0.05) is 275 Å². The fourth-order valence-electron chi connectivity index (χ4n) is 8.45. The molecule has 0 aliphatic carbocycles.